The summed E-state index contributed by atoms with van der Waals surface area (Å²) in [5, 5.41) is 23.6. The average molecular weight is 423 g/mol. The van der Waals surface area contributed by atoms with Crippen LogP contribution in [0.3, 0.4) is 0 Å². The number of urea groups is 1. The van der Waals surface area contributed by atoms with E-state index in [1.807, 2.05) is 6.07 Å². The van der Waals surface area contributed by atoms with E-state index in [0.29, 0.717) is 12.1 Å². The van der Waals surface area contributed by atoms with Gasteiger partial charge >= 0.3 is 6.03 Å². The van der Waals surface area contributed by atoms with Crippen molar-refractivity contribution in [3.8, 4) is 6.07 Å². The van der Waals surface area contributed by atoms with Crippen LogP contribution in [0.5, 0.6) is 0 Å². The summed E-state index contributed by atoms with van der Waals surface area (Å²) < 4.78 is 2.27. The van der Waals surface area contributed by atoms with E-state index in [1.54, 1.807) is 12.3 Å². The molecule has 2 aliphatic heterocycles. The number of hydrogen-bond acceptors (Lipinski definition) is 6. The zero-order valence-electron chi connectivity index (χ0n) is 17.9. The van der Waals surface area contributed by atoms with Gasteiger partial charge in [-0.3, -0.25) is 0 Å². The van der Waals surface area contributed by atoms with E-state index in [4.69, 9.17) is 5.26 Å². The van der Waals surface area contributed by atoms with Gasteiger partial charge in [0, 0.05) is 51.3 Å². The fourth-order valence-electron chi connectivity index (χ4n) is 4.31. The molecule has 0 aromatic carbocycles. The summed E-state index contributed by atoms with van der Waals surface area (Å²) in [4.78, 5) is 18.8. The second-order valence-corrected chi connectivity index (χ2v) is 8.28. The molecule has 31 heavy (non-hydrogen) atoms. The standard InChI is InChI=1S/C22H30N8O/c23-15-17-7-8-19(25-16-17)29-13-9-18(10-14-29)26-22(31)24-11-4-6-21-28-27-20-5-2-1-3-12-30(20)21/h7-8,16,18H,1-6,9-14H2,(H2,24,26,31). The van der Waals surface area contributed by atoms with Gasteiger partial charge in [0.25, 0.3) is 0 Å². The van der Waals surface area contributed by atoms with Crippen molar-refractivity contribution in [3.05, 3.63) is 35.5 Å². The highest BCUT2D eigenvalue weighted by atomic mass is 16.2. The number of nitrogens with zero attached hydrogens (tertiary/aromatic N) is 6. The minimum Gasteiger partial charge on any atom is -0.356 e. The van der Waals surface area contributed by atoms with Crippen LogP contribution in [0.15, 0.2) is 18.3 Å². The molecular weight excluding hydrogens is 392 g/mol. The number of rotatable bonds is 6. The van der Waals surface area contributed by atoms with E-state index in [9.17, 15) is 4.79 Å². The lowest BCUT2D eigenvalue weighted by atomic mass is 10.1. The molecule has 4 rings (SSSR count). The van der Waals surface area contributed by atoms with Gasteiger partial charge in [0.2, 0.25) is 0 Å². The number of anilines is 1. The molecule has 9 heteroatoms. The van der Waals surface area contributed by atoms with Gasteiger partial charge in [-0.25, -0.2) is 9.78 Å². The number of nitrogens with one attached hydrogen (secondary N) is 2. The Kier molecular flexibility index (Phi) is 6.97. The van der Waals surface area contributed by atoms with Crippen LogP contribution in [0.2, 0.25) is 0 Å². The number of pyridine rings is 1. The first-order chi connectivity index (χ1) is 15.2. The van der Waals surface area contributed by atoms with Gasteiger partial charge < -0.3 is 20.1 Å². The van der Waals surface area contributed by atoms with Crippen LogP contribution in [0.1, 0.15) is 55.7 Å². The predicted molar refractivity (Wildman–Crippen MR) is 117 cm³/mol. The lowest BCUT2D eigenvalue weighted by Gasteiger charge is -2.33. The molecule has 1 fully saturated rings. The molecule has 9 nitrogen and oxygen atoms in total. The smallest absolute Gasteiger partial charge is 0.315 e. The topological polar surface area (TPSA) is 112 Å². The third kappa shape index (κ3) is 5.51. The first-order valence-electron chi connectivity index (χ1n) is 11.3. The van der Waals surface area contributed by atoms with Crippen LogP contribution in [0.4, 0.5) is 10.6 Å². The molecule has 4 heterocycles. The van der Waals surface area contributed by atoms with Crippen molar-refractivity contribution >= 4 is 11.8 Å². The molecule has 0 saturated carbocycles. The van der Waals surface area contributed by atoms with Crippen molar-refractivity contribution in [2.75, 3.05) is 24.5 Å². The summed E-state index contributed by atoms with van der Waals surface area (Å²) in [6.07, 6.45) is 9.71. The van der Waals surface area contributed by atoms with E-state index in [0.717, 1.165) is 69.2 Å². The zero-order chi connectivity index (χ0) is 21.5. The van der Waals surface area contributed by atoms with Gasteiger partial charge in [-0.15, -0.1) is 10.2 Å². The average Bonchev–Trinajstić information content (AvgIpc) is 3.03. The highest BCUT2D eigenvalue weighted by Gasteiger charge is 2.21. The Balaban J connectivity index is 1.14. The van der Waals surface area contributed by atoms with Crippen LogP contribution in [0.25, 0.3) is 0 Å². The molecule has 1 saturated heterocycles. The molecule has 0 radical (unpaired) electrons. The number of piperidine rings is 1. The number of hydrogen-bond donors (Lipinski definition) is 2. The predicted octanol–water partition coefficient (Wildman–Crippen LogP) is 2.17. The SMILES string of the molecule is N#Cc1ccc(N2CCC(NC(=O)NCCCc3nnc4n3CCCCC4)CC2)nc1. The first kappa shape index (κ1) is 21.1. The minimum atomic E-state index is -0.102. The maximum atomic E-state index is 12.3. The second kappa shape index (κ2) is 10.2. The number of carbonyl (C=O) groups is 1. The van der Waals surface area contributed by atoms with Gasteiger partial charge in [0.05, 0.1) is 5.56 Å². The fourth-order valence-corrected chi connectivity index (χ4v) is 4.31. The van der Waals surface area contributed by atoms with Crippen molar-refractivity contribution in [2.24, 2.45) is 0 Å². The van der Waals surface area contributed by atoms with E-state index >= 15 is 0 Å². The monoisotopic (exact) mass is 422 g/mol. The van der Waals surface area contributed by atoms with Gasteiger partial charge in [0.1, 0.15) is 23.5 Å². The number of nitriles is 1. The lowest BCUT2D eigenvalue weighted by Crippen LogP contribution is -2.48. The third-order valence-corrected chi connectivity index (χ3v) is 6.08. The molecule has 2 aromatic heterocycles. The van der Waals surface area contributed by atoms with Crippen LogP contribution in [0, 0.1) is 11.3 Å². The number of aromatic nitrogens is 4. The van der Waals surface area contributed by atoms with Gasteiger partial charge in [0.15, 0.2) is 0 Å². The normalized spacial score (nSPS) is 16.8. The quantitative estimate of drug-likeness (QED) is 0.690. The van der Waals surface area contributed by atoms with Crippen molar-refractivity contribution in [3.63, 3.8) is 0 Å². The highest BCUT2D eigenvalue weighted by Crippen LogP contribution is 2.18. The zero-order valence-corrected chi connectivity index (χ0v) is 17.9. The van der Waals surface area contributed by atoms with Crippen LogP contribution in [-0.4, -0.2) is 51.5 Å². The molecule has 0 spiro atoms. The number of carbonyl (C=O) groups excluding carboxylic acids is 1. The van der Waals surface area contributed by atoms with E-state index < -0.39 is 0 Å². The van der Waals surface area contributed by atoms with Gasteiger partial charge in [-0.1, -0.05) is 6.42 Å². The summed E-state index contributed by atoms with van der Waals surface area (Å²) >= 11 is 0. The largest absolute Gasteiger partial charge is 0.356 e. The number of aryl methyl sites for hydroxylation is 2. The van der Waals surface area contributed by atoms with Crippen LogP contribution >= 0.6 is 0 Å². The van der Waals surface area contributed by atoms with Crippen molar-refractivity contribution < 1.29 is 4.79 Å². The Hall–Kier alpha value is -3.15. The molecular formula is C22H30N8O. The Morgan fingerprint density at radius 2 is 2.03 bits per heavy atom. The Morgan fingerprint density at radius 3 is 2.81 bits per heavy atom. The summed E-state index contributed by atoms with van der Waals surface area (Å²) in [6.45, 7) is 3.31. The molecule has 0 bridgehead atoms. The molecule has 164 valence electrons. The molecule has 2 aromatic rings. The van der Waals surface area contributed by atoms with Crippen molar-refractivity contribution in [1.29, 1.82) is 5.26 Å². The summed E-state index contributed by atoms with van der Waals surface area (Å²) in [5.74, 6) is 3.04. The Labute approximate surface area is 182 Å². The van der Waals surface area contributed by atoms with E-state index in [2.05, 4.69) is 41.4 Å². The van der Waals surface area contributed by atoms with Crippen molar-refractivity contribution in [1.82, 2.24) is 30.4 Å². The third-order valence-electron chi connectivity index (χ3n) is 6.08. The molecule has 2 amide bonds. The molecule has 0 atom stereocenters. The number of amides is 2. The maximum Gasteiger partial charge on any atom is 0.315 e. The van der Waals surface area contributed by atoms with E-state index in [-0.39, 0.29) is 12.1 Å². The molecule has 0 unspecified atom stereocenters. The maximum absolute atomic E-state index is 12.3. The summed E-state index contributed by atoms with van der Waals surface area (Å²) in [6, 6.07) is 5.82. The molecule has 0 aliphatic carbocycles. The van der Waals surface area contributed by atoms with Gasteiger partial charge in [-0.2, -0.15) is 5.26 Å². The molecule has 2 N–H and O–H groups in total. The Bertz CT molecular complexity index is 909. The van der Waals surface area contributed by atoms with E-state index in [1.165, 1.54) is 19.3 Å². The van der Waals surface area contributed by atoms with Crippen LogP contribution in [-0.2, 0) is 19.4 Å². The fraction of sp³-hybridized carbons (Fsp3) is 0.591. The second-order valence-electron chi connectivity index (χ2n) is 8.28. The molecule has 2 aliphatic rings. The van der Waals surface area contributed by atoms with Crippen molar-refractivity contribution in [2.45, 2.75) is 64.0 Å². The first-order valence-corrected chi connectivity index (χ1v) is 11.3. The number of fused-ring (bicyclic) bond motifs is 1. The minimum absolute atomic E-state index is 0.102. The lowest BCUT2D eigenvalue weighted by molar-refractivity contribution is 0.234. The van der Waals surface area contributed by atoms with Gasteiger partial charge in [-0.05, 0) is 44.2 Å². The highest BCUT2D eigenvalue weighted by molar-refractivity contribution is 5.74. The summed E-state index contributed by atoms with van der Waals surface area (Å²) in [5.41, 5.74) is 0.566. The summed E-state index contributed by atoms with van der Waals surface area (Å²) in [7, 11) is 0. The Morgan fingerprint density at radius 1 is 1.16 bits per heavy atom. The van der Waals surface area contributed by atoms with Crippen LogP contribution < -0.4 is 15.5 Å².